The smallest absolute Gasteiger partial charge is 0.226 e. The molecule has 31 heavy (non-hydrogen) atoms. The highest BCUT2D eigenvalue weighted by Crippen LogP contribution is 2.35. The Balaban J connectivity index is 1.71. The molecule has 2 aromatic heterocycles. The number of imidazole rings is 1. The maximum absolute atomic E-state index is 14.6. The van der Waals surface area contributed by atoms with Crippen molar-refractivity contribution in [2.75, 3.05) is 11.9 Å². The minimum atomic E-state index is -1.75. The van der Waals surface area contributed by atoms with E-state index >= 15 is 0 Å². The lowest BCUT2D eigenvalue weighted by molar-refractivity contribution is -0.0459. The molecule has 0 radical (unpaired) electrons. The quantitative estimate of drug-likeness (QED) is 0.393. The van der Waals surface area contributed by atoms with Crippen LogP contribution in [0.1, 0.15) is 11.8 Å². The number of halogens is 2. The molecule has 1 saturated heterocycles. The first-order chi connectivity index (χ1) is 14.6. The Labute approximate surface area is 185 Å². The van der Waals surface area contributed by atoms with Crippen molar-refractivity contribution in [2.45, 2.75) is 51.2 Å². The first-order valence-electron chi connectivity index (χ1n) is 9.97. The molecule has 8 nitrogen and oxygen atoms in total. The van der Waals surface area contributed by atoms with E-state index < -0.39 is 39.3 Å². The van der Waals surface area contributed by atoms with Gasteiger partial charge in [0, 0.05) is 5.69 Å². The molecule has 0 aliphatic carbocycles. The molecule has 4 unspecified atom stereocenters. The highest BCUT2D eigenvalue weighted by Gasteiger charge is 2.45. The Morgan fingerprint density at radius 3 is 2.65 bits per heavy atom. The highest BCUT2D eigenvalue weighted by molar-refractivity contribution is 6.88. The first-order valence-corrected chi connectivity index (χ1v) is 13.8. The summed E-state index contributed by atoms with van der Waals surface area (Å²) < 4.78 is 21.5. The number of aliphatic hydroxyl groups is 2. The molecule has 3 aromatic rings. The minimum Gasteiger partial charge on any atom is -0.394 e. The van der Waals surface area contributed by atoms with Gasteiger partial charge in [-0.15, -0.1) is 0 Å². The Kier molecular flexibility index (Phi) is 5.77. The molecular formula is C20H25ClFN5O3Si. The van der Waals surface area contributed by atoms with Crippen LogP contribution in [-0.2, 0) is 4.74 Å². The molecule has 4 rings (SSSR count). The molecule has 3 N–H and O–H groups in total. The number of hydrogen-bond donors (Lipinski definition) is 3. The molecular weight excluding hydrogens is 441 g/mol. The van der Waals surface area contributed by atoms with Crippen molar-refractivity contribution in [1.82, 2.24) is 19.5 Å². The van der Waals surface area contributed by atoms with Gasteiger partial charge in [-0.25, -0.2) is 9.37 Å². The number of aryl methyl sites for hydroxylation is 1. The van der Waals surface area contributed by atoms with Gasteiger partial charge in [-0.05, 0) is 30.2 Å². The average molecular weight is 466 g/mol. The van der Waals surface area contributed by atoms with Crippen LogP contribution in [0.3, 0.4) is 0 Å². The van der Waals surface area contributed by atoms with Crippen LogP contribution < -0.4 is 10.5 Å². The SMILES string of the molecule is Cc1cc([Si](C)(C)C)ccc1Nc1nc(Cl)nc2c1ncn2C1OC(CO)C(O)C1F. The zero-order valence-corrected chi connectivity index (χ0v) is 19.4. The van der Waals surface area contributed by atoms with Gasteiger partial charge in [-0.3, -0.25) is 4.57 Å². The van der Waals surface area contributed by atoms with Crippen LogP contribution in [0, 0.1) is 6.92 Å². The van der Waals surface area contributed by atoms with Gasteiger partial charge in [-0.2, -0.15) is 9.97 Å². The highest BCUT2D eigenvalue weighted by atomic mass is 35.5. The van der Waals surface area contributed by atoms with Crippen LogP contribution in [0.5, 0.6) is 0 Å². The molecule has 1 aromatic carbocycles. The largest absolute Gasteiger partial charge is 0.394 e. The summed E-state index contributed by atoms with van der Waals surface area (Å²) in [5.41, 5.74) is 2.55. The normalized spacial score (nSPS) is 24.1. The molecule has 166 valence electrons. The van der Waals surface area contributed by atoms with Crippen molar-refractivity contribution in [2.24, 2.45) is 0 Å². The van der Waals surface area contributed by atoms with Crippen LogP contribution >= 0.6 is 11.6 Å². The Hall–Kier alpha value is -2.11. The van der Waals surface area contributed by atoms with Crippen LogP contribution in [0.25, 0.3) is 11.2 Å². The zero-order valence-electron chi connectivity index (χ0n) is 17.7. The van der Waals surface area contributed by atoms with E-state index in [1.165, 1.54) is 16.1 Å². The van der Waals surface area contributed by atoms with Crippen molar-refractivity contribution in [3.63, 3.8) is 0 Å². The van der Waals surface area contributed by atoms with Gasteiger partial charge >= 0.3 is 0 Å². The summed E-state index contributed by atoms with van der Waals surface area (Å²) in [4.78, 5) is 12.8. The van der Waals surface area contributed by atoms with Gasteiger partial charge in [0.05, 0.1) is 21.0 Å². The van der Waals surface area contributed by atoms with Crippen LogP contribution in [0.4, 0.5) is 15.9 Å². The lowest BCUT2D eigenvalue weighted by atomic mass is 10.1. The summed E-state index contributed by atoms with van der Waals surface area (Å²) in [6.45, 7) is 8.38. The van der Waals surface area contributed by atoms with Gasteiger partial charge in [0.1, 0.15) is 12.2 Å². The molecule has 0 saturated carbocycles. The lowest BCUT2D eigenvalue weighted by Gasteiger charge is -2.19. The van der Waals surface area contributed by atoms with Crippen molar-refractivity contribution in [3.8, 4) is 0 Å². The van der Waals surface area contributed by atoms with E-state index in [1.807, 2.05) is 13.0 Å². The van der Waals surface area contributed by atoms with Crippen LogP contribution in [-0.4, -0.2) is 62.8 Å². The molecule has 1 aliphatic heterocycles. The van der Waals surface area contributed by atoms with E-state index in [2.05, 4.69) is 52.0 Å². The third kappa shape index (κ3) is 4.05. The van der Waals surface area contributed by atoms with Gasteiger partial charge in [0.15, 0.2) is 29.4 Å². The number of hydrogen-bond acceptors (Lipinski definition) is 7. The predicted octanol–water partition coefficient (Wildman–Crippen LogP) is 2.67. The van der Waals surface area contributed by atoms with E-state index in [9.17, 15) is 14.6 Å². The van der Waals surface area contributed by atoms with E-state index in [4.69, 9.17) is 16.3 Å². The molecule has 0 amide bonds. The fourth-order valence-corrected chi connectivity index (χ4v) is 5.04. The Morgan fingerprint density at radius 1 is 1.29 bits per heavy atom. The summed E-state index contributed by atoms with van der Waals surface area (Å²) in [6.07, 6.45) is -4.05. The van der Waals surface area contributed by atoms with Crippen molar-refractivity contribution in [1.29, 1.82) is 0 Å². The fourth-order valence-electron chi connectivity index (χ4n) is 3.64. The van der Waals surface area contributed by atoms with Gasteiger partial charge in [-0.1, -0.05) is 37.0 Å². The first kappa shape index (κ1) is 22.1. The number of rotatable bonds is 5. The molecule has 4 atom stereocenters. The number of alkyl halides is 1. The summed E-state index contributed by atoms with van der Waals surface area (Å²) in [5.74, 6) is 0.380. The van der Waals surface area contributed by atoms with E-state index in [-0.39, 0.29) is 10.9 Å². The Bertz CT molecular complexity index is 1120. The number of aromatic nitrogens is 4. The van der Waals surface area contributed by atoms with E-state index in [0.717, 1.165) is 11.3 Å². The maximum atomic E-state index is 14.6. The lowest BCUT2D eigenvalue weighted by Crippen LogP contribution is -2.37. The zero-order chi connectivity index (χ0) is 22.5. The fraction of sp³-hybridized carbons (Fsp3) is 0.450. The minimum absolute atomic E-state index is 0.0409. The second-order valence-corrected chi connectivity index (χ2v) is 14.2. The topological polar surface area (TPSA) is 105 Å². The number of benzene rings is 1. The summed E-state index contributed by atoms with van der Waals surface area (Å²) in [6, 6.07) is 6.28. The average Bonchev–Trinajstić information content (AvgIpc) is 3.24. The summed E-state index contributed by atoms with van der Waals surface area (Å²) in [5, 5.41) is 23.8. The van der Waals surface area contributed by atoms with Crippen molar-refractivity contribution >= 4 is 47.5 Å². The molecule has 0 bridgehead atoms. The second kappa shape index (κ2) is 8.10. The predicted molar refractivity (Wildman–Crippen MR) is 120 cm³/mol. The standard InChI is InChI=1S/C20H25ClFN5O3Si/c1-10-7-11(31(2,3)4)5-6-12(10)24-17-15-18(26-20(21)25-17)27(9-23-15)19-14(22)16(29)13(8-28)30-19/h5-7,9,13-14,16,19,28-29H,8H2,1-4H3,(H,24,25,26). The number of nitrogens with zero attached hydrogens (tertiary/aromatic N) is 4. The van der Waals surface area contributed by atoms with Crippen LogP contribution in [0.2, 0.25) is 24.9 Å². The van der Waals surface area contributed by atoms with Crippen LogP contribution in [0.15, 0.2) is 24.5 Å². The molecule has 11 heteroatoms. The van der Waals surface area contributed by atoms with Gasteiger partial charge in [0.25, 0.3) is 0 Å². The number of aliphatic hydroxyl groups excluding tert-OH is 2. The van der Waals surface area contributed by atoms with E-state index in [0.29, 0.717) is 11.3 Å². The maximum Gasteiger partial charge on any atom is 0.226 e. The molecule has 3 heterocycles. The number of fused-ring (bicyclic) bond motifs is 1. The Morgan fingerprint density at radius 2 is 2.03 bits per heavy atom. The third-order valence-electron chi connectivity index (χ3n) is 5.49. The third-order valence-corrected chi connectivity index (χ3v) is 7.70. The monoisotopic (exact) mass is 465 g/mol. The van der Waals surface area contributed by atoms with E-state index in [1.54, 1.807) is 0 Å². The number of nitrogens with one attached hydrogen (secondary N) is 1. The summed E-state index contributed by atoms with van der Waals surface area (Å²) >= 11 is 6.15. The van der Waals surface area contributed by atoms with Gasteiger partial charge in [0.2, 0.25) is 5.28 Å². The molecule has 1 aliphatic rings. The number of ether oxygens (including phenoxy) is 1. The van der Waals surface area contributed by atoms with Gasteiger partial charge < -0.3 is 20.3 Å². The second-order valence-electron chi connectivity index (χ2n) is 8.75. The van der Waals surface area contributed by atoms with Crippen molar-refractivity contribution < 1.29 is 19.3 Å². The summed E-state index contributed by atoms with van der Waals surface area (Å²) in [7, 11) is -1.44. The number of anilines is 2. The van der Waals surface area contributed by atoms with Crippen molar-refractivity contribution in [3.05, 3.63) is 35.4 Å². The molecule has 1 fully saturated rings. The molecule has 0 spiro atoms.